The van der Waals surface area contributed by atoms with Gasteiger partial charge in [0.05, 0.1) is 20.3 Å². The molecule has 1 fully saturated rings. The lowest BCUT2D eigenvalue weighted by molar-refractivity contribution is 0.0786. The van der Waals surface area contributed by atoms with Gasteiger partial charge in [0.2, 0.25) is 0 Å². The number of benzene rings is 2. The predicted molar refractivity (Wildman–Crippen MR) is 152 cm³/mol. The Morgan fingerprint density at radius 2 is 1.97 bits per heavy atom. The maximum atomic E-state index is 13.6. The van der Waals surface area contributed by atoms with E-state index in [0.29, 0.717) is 23.1 Å². The zero-order chi connectivity index (χ0) is 27.6. The van der Waals surface area contributed by atoms with Crippen molar-refractivity contribution in [3.05, 3.63) is 63.7 Å². The monoisotopic (exact) mass is 557 g/mol. The van der Waals surface area contributed by atoms with E-state index >= 15 is 0 Å². The fourth-order valence-corrected chi connectivity index (χ4v) is 5.83. The molecule has 39 heavy (non-hydrogen) atoms. The van der Waals surface area contributed by atoms with Gasteiger partial charge >= 0.3 is 6.09 Å². The quantitative estimate of drug-likeness (QED) is 0.317. The third-order valence-corrected chi connectivity index (χ3v) is 7.71. The lowest BCUT2D eigenvalue weighted by Crippen LogP contribution is -2.42. The van der Waals surface area contributed by atoms with Gasteiger partial charge in [-0.05, 0) is 54.8 Å². The van der Waals surface area contributed by atoms with Gasteiger partial charge in [-0.2, -0.15) is 0 Å². The van der Waals surface area contributed by atoms with E-state index in [9.17, 15) is 9.59 Å². The Labute approximate surface area is 236 Å². The first-order valence-corrected chi connectivity index (χ1v) is 14.3. The number of fused-ring (bicyclic) bond motifs is 1. The fraction of sp³-hybridized carbons (Fsp3) is 0.533. The maximum absolute atomic E-state index is 13.6. The summed E-state index contributed by atoms with van der Waals surface area (Å²) in [5.74, 6) is 1.30. The number of ether oxygens (including phenoxy) is 3. The predicted octanol–water partition coefficient (Wildman–Crippen LogP) is 5.03. The van der Waals surface area contributed by atoms with Crippen LogP contribution in [0.2, 0.25) is 5.02 Å². The van der Waals surface area contributed by atoms with Crippen molar-refractivity contribution in [2.75, 3.05) is 40.5 Å². The SMILES string of the molecule is CNC[C@H](CC1CCCCC1)NC(=O)c1cc2c(c(C(OCCNC(=O)OC)c3cccc(Cl)c3)c1)OCC2. The number of methoxy groups -OCH3 is 1. The van der Waals surface area contributed by atoms with Crippen molar-refractivity contribution >= 4 is 23.6 Å². The number of carbonyl (C=O) groups excluding carboxylic acids is 2. The third kappa shape index (κ3) is 8.10. The number of likely N-dealkylation sites (N-methyl/N-ethyl adjacent to an activating group) is 1. The number of halogens is 1. The number of hydrogen-bond acceptors (Lipinski definition) is 6. The summed E-state index contributed by atoms with van der Waals surface area (Å²) in [6.07, 6.45) is 6.97. The molecule has 0 saturated heterocycles. The number of nitrogens with one attached hydrogen (secondary N) is 3. The number of carbonyl (C=O) groups is 2. The number of amides is 2. The molecule has 2 amide bonds. The first-order valence-electron chi connectivity index (χ1n) is 13.9. The van der Waals surface area contributed by atoms with Crippen LogP contribution >= 0.6 is 11.6 Å². The lowest BCUT2D eigenvalue weighted by atomic mass is 9.84. The fourth-order valence-electron chi connectivity index (χ4n) is 5.63. The van der Waals surface area contributed by atoms with E-state index < -0.39 is 12.2 Å². The molecule has 1 unspecified atom stereocenters. The Morgan fingerprint density at radius 1 is 1.15 bits per heavy atom. The van der Waals surface area contributed by atoms with Crippen LogP contribution in [0.15, 0.2) is 36.4 Å². The third-order valence-electron chi connectivity index (χ3n) is 7.48. The van der Waals surface area contributed by atoms with Crippen molar-refractivity contribution in [3.8, 4) is 5.75 Å². The van der Waals surface area contributed by atoms with E-state index in [4.69, 9.17) is 21.1 Å². The highest BCUT2D eigenvalue weighted by molar-refractivity contribution is 6.30. The van der Waals surface area contributed by atoms with Gasteiger partial charge < -0.3 is 30.2 Å². The van der Waals surface area contributed by atoms with Gasteiger partial charge in [-0.25, -0.2) is 4.79 Å². The minimum Gasteiger partial charge on any atom is -0.493 e. The summed E-state index contributed by atoms with van der Waals surface area (Å²) in [6, 6.07) is 11.3. The van der Waals surface area contributed by atoms with E-state index in [1.165, 1.54) is 39.2 Å². The highest BCUT2D eigenvalue weighted by Crippen LogP contribution is 2.40. The Bertz CT molecular complexity index is 1120. The zero-order valence-electron chi connectivity index (χ0n) is 22.9. The second kappa shape index (κ2) is 14.5. The molecule has 8 nitrogen and oxygen atoms in total. The average molecular weight is 558 g/mol. The summed E-state index contributed by atoms with van der Waals surface area (Å²) in [7, 11) is 3.24. The molecule has 0 radical (unpaired) electrons. The minimum atomic E-state index is -0.543. The highest BCUT2D eigenvalue weighted by Gasteiger charge is 2.28. The number of hydrogen-bond donors (Lipinski definition) is 3. The zero-order valence-corrected chi connectivity index (χ0v) is 23.6. The van der Waals surface area contributed by atoms with Crippen molar-refractivity contribution in [1.29, 1.82) is 0 Å². The van der Waals surface area contributed by atoms with Gasteiger partial charge in [0.25, 0.3) is 5.91 Å². The van der Waals surface area contributed by atoms with Crippen molar-refractivity contribution in [1.82, 2.24) is 16.0 Å². The van der Waals surface area contributed by atoms with E-state index in [2.05, 4.69) is 20.7 Å². The van der Waals surface area contributed by atoms with Crippen LogP contribution < -0.4 is 20.7 Å². The molecule has 9 heteroatoms. The van der Waals surface area contributed by atoms with Crippen LogP contribution in [0.25, 0.3) is 0 Å². The van der Waals surface area contributed by atoms with E-state index in [1.807, 2.05) is 37.4 Å². The summed E-state index contributed by atoms with van der Waals surface area (Å²) in [5, 5.41) is 9.76. The molecular weight excluding hydrogens is 518 g/mol. The molecule has 0 spiro atoms. The van der Waals surface area contributed by atoms with Crippen LogP contribution in [0.3, 0.4) is 0 Å². The second-order valence-corrected chi connectivity index (χ2v) is 10.8. The van der Waals surface area contributed by atoms with Crippen LogP contribution in [0, 0.1) is 5.92 Å². The molecule has 3 N–H and O–H groups in total. The molecule has 1 saturated carbocycles. The van der Waals surface area contributed by atoms with E-state index in [0.717, 1.165) is 41.8 Å². The van der Waals surface area contributed by atoms with Gasteiger partial charge in [0.15, 0.2) is 0 Å². The molecule has 2 aromatic carbocycles. The molecule has 1 aliphatic carbocycles. The Morgan fingerprint density at radius 3 is 2.72 bits per heavy atom. The number of rotatable bonds is 12. The van der Waals surface area contributed by atoms with Crippen LogP contribution in [-0.2, 0) is 15.9 Å². The van der Waals surface area contributed by atoms with E-state index in [1.54, 1.807) is 6.07 Å². The van der Waals surface area contributed by atoms with Crippen molar-refractivity contribution in [2.45, 2.75) is 57.1 Å². The highest BCUT2D eigenvalue weighted by atomic mass is 35.5. The maximum Gasteiger partial charge on any atom is 0.406 e. The van der Waals surface area contributed by atoms with Crippen molar-refractivity contribution in [2.24, 2.45) is 5.92 Å². The normalized spacial score (nSPS) is 16.6. The molecular formula is C30H40ClN3O5. The van der Waals surface area contributed by atoms with Gasteiger partial charge in [-0.1, -0.05) is 55.8 Å². The molecule has 4 rings (SSSR count). The van der Waals surface area contributed by atoms with Gasteiger partial charge in [-0.15, -0.1) is 0 Å². The minimum absolute atomic E-state index is 0.0583. The smallest absolute Gasteiger partial charge is 0.406 e. The first kappa shape index (κ1) is 29.2. The summed E-state index contributed by atoms with van der Waals surface area (Å²) in [6.45, 7) is 1.76. The number of alkyl carbamates (subject to hydrolysis) is 1. The van der Waals surface area contributed by atoms with Crippen molar-refractivity contribution in [3.63, 3.8) is 0 Å². The van der Waals surface area contributed by atoms with Gasteiger partial charge in [-0.3, -0.25) is 4.79 Å². The molecule has 2 aromatic rings. The molecule has 1 heterocycles. The van der Waals surface area contributed by atoms with Crippen LogP contribution in [-0.4, -0.2) is 58.5 Å². The molecule has 212 valence electrons. The molecule has 0 bridgehead atoms. The Kier molecular flexibility index (Phi) is 10.9. The van der Waals surface area contributed by atoms with Crippen LogP contribution in [0.4, 0.5) is 4.79 Å². The lowest BCUT2D eigenvalue weighted by Gasteiger charge is -2.27. The standard InChI is InChI=1S/C30H40ClN3O5/c1-32-19-25(15-20-7-4-3-5-8-20)34-29(35)23-16-22-11-13-38-28(22)26(18-23)27(21-9-6-10-24(31)17-21)39-14-12-33-30(36)37-2/h6,9-10,16-18,20,25,27,32H,3-5,7-8,11-15,19H2,1-2H3,(H,33,36)(H,34,35)/t25-,27?/m0/s1. The second-order valence-electron chi connectivity index (χ2n) is 10.3. The summed E-state index contributed by atoms with van der Waals surface area (Å²) in [5.41, 5.74) is 3.18. The summed E-state index contributed by atoms with van der Waals surface area (Å²) < 4.78 is 17.0. The van der Waals surface area contributed by atoms with Gasteiger partial charge in [0.1, 0.15) is 11.9 Å². The Balaban J connectivity index is 1.59. The summed E-state index contributed by atoms with van der Waals surface area (Å²) in [4.78, 5) is 25.1. The average Bonchev–Trinajstić information content (AvgIpc) is 3.42. The molecule has 1 aliphatic heterocycles. The van der Waals surface area contributed by atoms with Crippen LogP contribution in [0.1, 0.15) is 71.7 Å². The largest absolute Gasteiger partial charge is 0.493 e. The molecule has 0 aromatic heterocycles. The van der Waals surface area contributed by atoms with Crippen molar-refractivity contribution < 1.29 is 23.8 Å². The topological polar surface area (TPSA) is 97.9 Å². The van der Waals surface area contributed by atoms with Crippen LogP contribution in [0.5, 0.6) is 5.75 Å². The first-order chi connectivity index (χ1) is 19.0. The summed E-state index contributed by atoms with van der Waals surface area (Å²) >= 11 is 6.33. The molecule has 2 aliphatic rings. The molecule has 2 atom stereocenters. The Hall–Kier alpha value is -2.81. The van der Waals surface area contributed by atoms with E-state index in [-0.39, 0.29) is 25.1 Å². The van der Waals surface area contributed by atoms with Gasteiger partial charge in [0, 0.05) is 41.7 Å².